The van der Waals surface area contributed by atoms with Gasteiger partial charge in [0.05, 0.1) is 31.2 Å². The summed E-state index contributed by atoms with van der Waals surface area (Å²) in [5.74, 6) is -5.22. The number of halogens is 3. The molecule has 0 aliphatic carbocycles. The Morgan fingerprint density at radius 3 is 2.32 bits per heavy atom. The molecule has 4 aromatic rings. The van der Waals surface area contributed by atoms with Crippen molar-refractivity contribution in [2.75, 3.05) is 88.3 Å². The first-order chi connectivity index (χ1) is 36.0. The number of nitrogens with zero attached hydrogens (tertiary/aromatic N) is 4. The third-order valence-electron chi connectivity index (χ3n) is 15.8. The number of ether oxygens (including phenoxy) is 2. The van der Waals surface area contributed by atoms with Crippen molar-refractivity contribution in [2.45, 2.75) is 95.2 Å². The monoisotopic (exact) mass is 1040 g/mol. The number of hydrogen-bond acceptors (Lipinski definition) is 11. The predicted octanol–water partition coefficient (Wildman–Crippen LogP) is 4.86. The van der Waals surface area contributed by atoms with Gasteiger partial charge in [-0.05, 0) is 130 Å². The van der Waals surface area contributed by atoms with Gasteiger partial charge in [0.15, 0.2) is 0 Å². The summed E-state index contributed by atoms with van der Waals surface area (Å²) in [5.41, 5.74) is 2.10. The number of likely N-dealkylation sites (N-methyl/N-ethyl adjacent to an activating group) is 1. The van der Waals surface area contributed by atoms with Crippen molar-refractivity contribution in [1.82, 2.24) is 30.7 Å². The van der Waals surface area contributed by atoms with Crippen molar-refractivity contribution in [3.05, 3.63) is 124 Å². The molecule has 0 saturated carbocycles. The largest absolute Gasteiger partial charge is 0.381 e. The van der Waals surface area contributed by atoms with E-state index in [2.05, 4.69) is 50.2 Å². The average molecular weight is 1040 g/mol. The lowest BCUT2D eigenvalue weighted by molar-refractivity contribution is -0.144. The lowest BCUT2D eigenvalue weighted by Gasteiger charge is -2.43. The van der Waals surface area contributed by atoms with Crippen LogP contribution in [0.3, 0.4) is 0 Å². The number of amides is 5. The minimum absolute atomic E-state index is 0.0117. The van der Waals surface area contributed by atoms with Crippen LogP contribution in [-0.2, 0) is 51.8 Å². The molecule has 5 aliphatic heterocycles. The highest BCUT2D eigenvalue weighted by molar-refractivity contribution is 6.07. The fraction of sp³-hybridized carbons (Fsp3) is 0.482. The van der Waals surface area contributed by atoms with Crippen LogP contribution in [0.1, 0.15) is 74.4 Å². The highest BCUT2D eigenvalue weighted by atomic mass is 19.1. The molecule has 3 unspecified atom stereocenters. The molecule has 3 fully saturated rings. The normalized spacial score (nSPS) is 24.0. The van der Waals surface area contributed by atoms with E-state index in [1.807, 2.05) is 18.2 Å². The Labute approximate surface area is 436 Å². The van der Waals surface area contributed by atoms with Gasteiger partial charge in [0.2, 0.25) is 23.6 Å². The van der Waals surface area contributed by atoms with Crippen molar-refractivity contribution in [3.8, 4) is 0 Å². The molecule has 19 heteroatoms. The van der Waals surface area contributed by atoms with Gasteiger partial charge in [0.1, 0.15) is 35.2 Å². The van der Waals surface area contributed by atoms with Gasteiger partial charge in [0, 0.05) is 82.0 Å². The Morgan fingerprint density at radius 1 is 0.867 bits per heavy atom. The van der Waals surface area contributed by atoms with Gasteiger partial charge in [-0.3, -0.25) is 33.8 Å². The van der Waals surface area contributed by atoms with Crippen LogP contribution in [0.5, 0.6) is 0 Å². The Morgan fingerprint density at radius 2 is 1.60 bits per heavy atom. The van der Waals surface area contributed by atoms with Crippen molar-refractivity contribution in [3.63, 3.8) is 0 Å². The molecule has 0 spiro atoms. The Kier molecular flexibility index (Phi) is 16.4. The number of nitrogens with one attached hydrogen (secondary N) is 5. The Balaban J connectivity index is 1.02. The van der Waals surface area contributed by atoms with Crippen LogP contribution in [0.15, 0.2) is 78.9 Å². The van der Waals surface area contributed by atoms with Crippen LogP contribution in [0.25, 0.3) is 0 Å². The van der Waals surface area contributed by atoms with Gasteiger partial charge in [0.25, 0.3) is 5.91 Å². The molecule has 0 bridgehead atoms. The second-order valence-electron chi connectivity index (χ2n) is 21.0. The SMILES string of the molecule is CNC(C)C(=O)NC(C(=O)N1Cc2ccc(NC(=O)C3(C)CN(C(=O)CN4C[C@@H](C)NC[C@@H]4CN4CCOC[C@H]4C)c4cc(Cc5ccc(F)cc5)ccc43)cc2[C@H]1C(=O)Nc1c(F)cccc1F)C1CCOCC1. The average Bonchev–Trinajstić information content (AvgIpc) is 3.95. The van der Waals surface area contributed by atoms with E-state index in [1.165, 1.54) is 23.1 Å². The summed E-state index contributed by atoms with van der Waals surface area (Å²) in [6, 6.07) is 17.4. The first-order valence-corrected chi connectivity index (χ1v) is 26.0. The topological polar surface area (TPSA) is 177 Å². The second-order valence-corrected chi connectivity index (χ2v) is 21.0. The molecule has 0 aromatic heterocycles. The van der Waals surface area contributed by atoms with Crippen LogP contribution in [0.2, 0.25) is 0 Å². The molecule has 3 saturated heterocycles. The molecular formula is C56H68F3N9O7. The molecule has 5 aliphatic rings. The first-order valence-electron chi connectivity index (χ1n) is 26.0. The third kappa shape index (κ3) is 11.6. The summed E-state index contributed by atoms with van der Waals surface area (Å²) >= 11 is 0. The van der Waals surface area contributed by atoms with E-state index in [4.69, 9.17) is 9.47 Å². The smallest absolute Gasteiger partial charge is 0.252 e. The van der Waals surface area contributed by atoms with Crippen LogP contribution < -0.4 is 31.5 Å². The number of para-hydroxylation sites is 1. The minimum Gasteiger partial charge on any atom is -0.381 e. The molecule has 0 radical (unpaired) electrons. The number of rotatable bonds is 15. The summed E-state index contributed by atoms with van der Waals surface area (Å²) in [5, 5.41) is 14.9. The summed E-state index contributed by atoms with van der Waals surface area (Å²) in [6.45, 7) is 12.7. The number of piperazine rings is 1. The molecule has 5 amide bonds. The van der Waals surface area contributed by atoms with Crippen LogP contribution in [0, 0.1) is 23.4 Å². The Hall–Kier alpha value is -6.22. The minimum atomic E-state index is -1.44. The maximum absolute atomic E-state index is 15.1. The molecule has 5 N–H and O–H groups in total. The molecule has 75 heavy (non-hydrogen) atoms. The van der Waals surface area contributed by atoms with Crippen LogP contribution in [-0.4, -0.2) is 147 Å². The third-order valence-corrected chi connectivity index (χ3v) is 15.8. The molecule has 5 heterocycles. The zero-order valence-electron chi connectivity index (χ0n) is 43.2. The predicted molar refractivity (Wildman–Crippen MR) is 277 cm³/mol. The van der Waals surface area contributed by atoms with Crippen LogP contribution >= 0.6 is 0 Å². The number of morpholine rings is 1. The zero-order chi connectivity index (χ0) is 53.1. The van der Waals surface area contributed by atoms with E-state index in [0.717, 1.165) is 36.3 Å². The summed E-state index contributed by atoms with van der Waals surface area (Å²) in [4.78, 5) is 80.5. The van der Waals surface area contributed by atoms with Crippen molar-refractivity contribution in [1.29, 1.82) is 0 Å². The standard InChI is InChI=1S/C56H68F3N9O7/c1-33-27-66(42(26-61-33)29-65-19-22-75-31-34(65)2)30-48(69)68-32-56(4,44-16-11-37(24-47(44)68)23-36-9-13-40(57)14-10-36)55(73)62-41-15-12-39-28-67(51(43(39)25-41)53(71)64-50-45(58)7-6-8-46(50)59)54(72)49(38-17-20-74-21-18-38)63-52(70)35(3)60-5/h6-16,24-25,33-35,38,42,49,51,60-61H,17-23,26-32H2,1-5H3,(H,62,73)(H,63,70)(H,64,71)/t33-,34-,35?,42-,49?,51+,56?/m1/s1. The lowest BCUT2D eigenvalue weighted by atomic mass is 9.82. The Bertz CT molecular complexity index is 2760. The van der Waals surface area contributed by atoms with E-state index in [9.17, 15) is 23.6 Å². The number of anilines is 3. The van der Waals surface area contributed by atoms with Gasteiger partial charge in [-0.2, -0.15) is 0 Å². The number of fused-ring (bicyclic) bond motifs is 2. The number of benzene rings is 4. The fourth-order valence-corrected chi connectivity index (χ4v) is 11.2. The maximum atomic E-state index is 15.1. The molecule has 7 atom stereocenters. The van der Waals surface area contributed by atoms with Crippen molar-refractivity contribution in [2.24, 2.45) is 5.92 Å². The van der Waals surface area contributed by atoms with Gasteiger partial charge in [-0.15, -0.1) is 0 Å². The molecule has 400 valence electrons. The van der Waals surface area contributed by atoms with Crippen LogP contribution in [0.4, 0.5) is 30.2 Å². The number of carbonyl (C=O) groups excluding carboxylic acids is 5. The summed E-state index contributed by atoms with van der Waals surface area (Å²) in [6.07, 6.45) is 1.38. The van der Waals surface area contributed by atoms with E-state index in [1.54, 1.807) is 56.1 Å². The highest BCUT2D eigenvalue weighted by Gasteiger charge is 2.49. The summed E-state index contributed by atoms with van der Waals surface area (Å²) < 4.78 is 55.5. The number of hydrogen-bond donors (Lipinski definition) is 5. The van der Waals surface area contributed by atoms with Gasteiger partial charge >= 0.3 is 0 Å². The highest BCUT2D eigenvalue weighted by Crippen LogP contribution is 2.44. The zero-order valence-corrected chi connectivity index (χ0v) is 43.2. The van der Waals surface area contributed by atoms with Gasteiger partial charge in [-0.1, -0.05) is 36.4 Å². The maximum Gasteiger partial charge on any atom is 0.252 e. The van der Waals surface area contributed by atoms with Crippen molar-refractivity contribution < 1.29 is 46.6 Å². The summed E-state index contributed by atoms with van der Waals surface area (Å²) in [7, 11) is 1.62. The molecule has 16 nitrogen and oxygen atoms in total. The number of carbonyl (C=O) groups is 5. The molecule has 9 rings (SSSR count). The van der Waals surface area contributed by atoms with Gasteiger partial charge in [-0.25, -0.2) is 13.2 Å². The van der Waals surface area contributed by atoms with E-state index < -0.39 is 64.5 Å². The second kappa shape index (κ2) is 22.9. The van der Waals surface area contributed by atoms with Gasteiger partial charge < -0.3 is 45.9 Å². The molecular weight excluding hydrogens is 968 g/mol. The lowest BCUT2D eigenvalue weighted by Crippen LogP contribution is -2.62. The van der Waals surface area contributed by atoms with E-state index in [-0.39, 0.29) is 61.1 Å². The quantitative estimate of drug-likeness (QED) is 0.110. The van der Waals surface area contributed by atoms with E-state index >= 15 is 13.6 Å². The van der Waals surface area contributed by atoms with Crippen molar-refractivity contribution >= 4 is 46.6 Å². The molecule has 4 aromatic carbocycles. The first kappa shape index (κ1) is 53.6. The van der Waals surface area contributed by atoms with E-state index in [0.29, 0.717) is 81.2 Å². The fourth-order valence-electron chi connectivity index (χ4n) is 11.2.